The van der Waals surface area contributed by atoms with Crippen LogP contribution in [0.1, 0.15) is 25.7 Å². The Labute approximate surface area is 81.1 Å². The van der Waals surface area contributed by atoms with Gasteiger partial charge < -0.3 is 11.1 Å². The minimum Gasteiger partial charge on any atom is -0.328 e. The fourth-order valence-corrected chi connectivity index (χ4v) is 1.41. The Balaban J connectivity index is 0. The third-order valence-corrected chi connectivity index (χ3v) is 2.18. The van der Waals surface area contributed by atoms with Crippen LogP contribution in [0.5, 0.6) is 0 Å². The van der Waals surface area contributed by atoms with Crippen molar-refractivity contribution in [1.82, 2.24) is 5.32 Å². The maximum Gasteiger partial charge on any atom is 0.00652 e. The molecular weight excluding hydrogens is 183 g/mol. The van der Waals surface area contributed by atoms with Crippen LogP contribution in [0.3, 0.4) is 0 Å². The molecule has 0 spiro atoms. The molecule has 1 saturated carbocycles. The zero-order chi connectivity index (χ0) is 6.69. The highest BCUT2D eigenvalue weighted by Crippen LogP contribution is 2.15. The molecule has 1 rings (SSSR count). The van der Waals surface area contributed by atoms with E-state index >= 15 is 0 Å². The molecule has 0 aromatic rings. The SMILES string of the molecule is CNC1CCC(N)CC1.Cl.Cl. The Hall–Kier alpha value is 0.500. The summed E-state index contributed by atoms with van der Waals surface area (Å²) in [5.41, 5.74) is 5.72. The summed E-state index contributed by atoms with van der Waals surface area (Å²) in [6, 6.07) is 1.22. The van der Waals surface area contributed by atoms with Crippen molar-refractivity contribution in [2.75, 3.05) is 7.05 Å². The van der Waals surface area contributed by atoms with Crippen molar-refractivity contribution in [3.63, 3.8) is 0 Å². The van der Waals surface area contributed by atoms with E-state index in [-0.39, 0.29) is 24.8 Å². The van der Waals surface area contributed by atoms with Crippen LogP contribution in [-0.2, 0) is 0 Å². The van der Waals surface area contributed by atoms with Crippen LogP contribution in [0.15, 0.2) is 0 Å². The summed E-state index contributed by atoms with van der Waals surface area (Å²) < 4.78 is 0. The smallest absolute Gasteiger partial charge is 0.00652 e. The molecule has 11 heavy (non-hydrogen) atoms. The van der Waals surface area contributed by atoms with Gasteiger partial charge in [-0.3, -0.25) is 0 Å². The minimum absolute atomic E-state index is 0. The van der Waals surface area contributed by atoms with Gasteiger partial charge in [0.1, 0.15) is 0 Å². The van der Waals surface area contributed by atoms with E-state index in [0.717, 1.165) is 6.04 Å². The van der Waals surface area contributed by atoms with Gasteiger partial charge in [0.15, 0.2) is 0 Å². The highest BCUT2D eigenvalue weighted by Gasteiger charge is 2.15. The Bertz CT molecular complexity index is 82.5. The highest BCUT2D eigenvalue weighted by atomic mass is 35.5. The summed E-state index contributed by atoms with van der Waals surface area (Å²) in [6.45, 7) is 0. The Morgan fingerprint density at radius 1 is 1.09 bits per heavy atom. The molecule has 1 fully saturated rings. The van der Waals surface area contributed by atoms with E-state index in [0.29, 0.717) is 6.04 Å². The first-order valence-corrected chi connectivity index (χ1v) is 3.76. The van der Waals surface area contributed by atoms with Crippen molar-refractivity contribution in [2.45, 2.75) is 37.8 Å². The van der Waals surface area contributed by atoms with E-state index in [1.807, 2.05) is 7.05 Å². The van der Waals surface area contributed by atoms with E-state index < -0.39 is 0 Å². The molecule has 1 aliphatic carbocycles. The van der Waals surface area contributed by atoms with Gasteiger partial charge in [0.25, 0.3) is 0 Å². The molecule has 0 aliphatic heterocycles. The minimum atomic E-state index is 0. The molecule has 0 bridgehead atoms. The topological polar surface area (TPSA) is 38.0 Å². The van der Waals surface area contributed by atoms with Gasteiger partial charge in [0.05, 0.1) is 0 Å². The summed E-state index contributed by atoms with van der Waals surface area (Å²) in [5.74, 6) is 0. The van der Waals surface area contributed by atoms with Crippen molar-refractivity contribution in [2.24, 2.45) is 5.73 Å². The molecule has 3 N–H and O–H groups in total. The summed E-state index contributed by atoms with van der Waals surface area (Å²) in [4.78, 5) is 0. The lowest BCUT2D eigenvalue weighted by Crippen LogP contribution is -2.35. The second kappa shape index (κ2) is 7.17. The van der Waals surface area contributed by atoms with Gasteiger partial charge >= 0.3 is 0 Å². The predicted molar refractivity (Wildman–Crippen MR) is 53.8 cm³/mol. The van der Waals surface area contributed by atoms with Crippen LogP contribution in [-0.4, -0.2) is 19.1 Å². The number of rotatable bonds is 1. The second-order valence-electron chi connectivity index (χ2n) is 2.90. The fourth-order valence-electron chi connectivity index (χ4n) is 1.41. The first kappa shape index (κ1) is 14.0. The molecular formula is C7H18Cl2N2. The van der Waals surface area contributed by atoms with Crippen LogP contribution in [0.4, 0.5) is 0 Å². The zero-order valence-corrected chi connectivity index (χ0v) is 8.51. The average molecular weight is 201 g/mol. The van der Waals surface area contributed by atoms with E-state index in [1.165, 1.54) is 25.7 Å². The van der Waals surface area contributed by atoms with Crippen molar-refractivity contribution in [3.8, 4) is 0 Å². The van der Waals surface area contributed by atoms with Gasteiger partial charge in [-0.05, 0) is 32.7 Å². The largest absolute Gasteiger partial charge is 0.328 e. The molecule has 0 atom stereocenters. The summed E-state index contributed by atoms with van der Waals surface area (Å²) in [5, 5.41) is 3.27. The molecule has 0 unspecified atom stereocenters. The fraction of sp³-hybridized carbons (Fsp3) is 1.00. The quantitative estimate of drug-likeness (QED) is 0.671. The molecule has 0 aromatic carbocycles. The van der Waals surface area contributed by atoms with Crippen molar-refractivity contribution < 1.29 is 0 Å². The molecule has 0 saturated heterocycles. The second-order valence-corrected chi connectivity index (χ2v) is 2.90. The van der Waals surface area contributed by atoms with Crippen molar-refractivity contribution >= 4 is 24.8 Å². The van der Waals surface area contributed by atoms with Gasteiger partial charge in [-0.1, -0.05) is 0 Å². The number of halogens is 2. The van der Waals surface area contributed by atoms with Gasteiger partial charge in [-0.15, -0.1) is 24.8 Å². The lowest BCUT2D eigenvalue weighted by molar-refractivity contribution is 0.358. The summed E-state index contributed by atoms with van der Waals surface area (Å²) in [7, 11) is 2.03. The lowest BCUT2D eigenvalue weighted by Gasteiger charge is -2.25. The Kier molecular flexibility index (Phi) is 9.15. The molecule has 4 heteroatoms. The molecule has 2 nitrogen and oxygen atoms in total. The zero-order valence-electron chi connectivity index (χ0n) is 6.88. The van der Waals surface area contributed by atoms with E-state index in [1.54, 1.807) is 0 Å². The van der Waals surface area contributed by atoms with Gasteiger partial charge in [-0.2, -0.15) is 0 Å². The number of hydrogen-bond acceptors (Lipinski definition) is 2. The molecule has 0 radical (unpaired) electrons. The summed E-state index contributed by atoms with van der Waals surface area (Å²) in [6.07, 6.45) is 4.92. The number of nitrogens with one attached hydrogen (secondary N) is 1. The molecule has 0 aromatic heterocycles. The number of nitrogens with two attached hydrogens (primary N) is 1. The van der Waals surface area contributed by atoms with Crippen LogP contribution in [0, 0.1) is 0 Å². The average Bonchev–Trinajstić information content (AvgIpc) is 1.90. The maximum absolute atomic E-state index is 5.72. The molecule has 0 heterocycles. The van der Waals surface area contributed by atoms with Gasteiger partial charge in [0.2, 0.25) is 0 Å². The van der Waals surface area contributed by atoms with E-state index in [9.17, 15) is 0 Å². The van der Waals surface area contributed by atoms with E-state index in [4.69, 9.17) is 5.73 Å². The Morgan fingerprint density at radius 2 is 1.55 bits per heavy atom. The Morgan fingerprint density at radius 3 is 1.91 bits per heavy atom. The van der Waals surface area contributed by atoms with Gasteiger partial charge in [-0.25, -0.2) is 0 Å². The predicted octanol–water partition coefficient (Wildman–Crippen LogP) is 1.32. The third-order valence-electron chi connectivity index (χ3n) is 2.18. The monoisotopic (exact) mass is 200 g/mol. The van der Waals surface area contributed by atoms with Crippen LogP contribution in [0.2, 0.25) is 0 Å². The normalized spacial score (nSPS) is 30.0. The maximum atomic E-state index is 5.72. The molecule has 1 aliphatic rings. The first-order chi connectivity index (χ1) is 4.33. The molecule has 0 amide bonds. The van der Waals surface area contributed by atoms with Crippen molar-refractivity contribution in [1.29, 1.82) is 0 Å². The van der Waals surface area contributed by atoms with Crippen LogP contribution in [0.25, 0.3) is 0 Å². The lowest BCUT2D eigenvalue weighted by atomic mass is 9.92. The standard InChI is InChI=1S/C7H16N2.2ClH/c1-9-7-4-2-6(8)3-5-7;;/h6-7,9H,2-5,8H2,1H3;2*1H. The van der Waals surface area contributed by atoms with E-state index in [2.05, 4.69) is 5.32 Å². The van der Waals surface area contributed by atoms with Gasteiger partial charge in [0, 0.05) is 12.1 Å². The third kappa shape index (κ3) is 4.86. The highest BCUT2D eigenvalue weighted by molar-refractivity contribution is 5.85. The van der Waals surface area contributed by atoms with Crippen molar-refractivity contribution in [3.05, 3.63) is 0 Å². The first-order valence-electron chi connectivity index (χ1n) is 3.76. The number of hydrogen-bond donors (Lipinski definition) is 2. The van der Waals surface area contributed by atoms with Crippen LogP contribution >= 0.6 is 24.8 Å². The summed E-state index contributed by atoms with van der Waals surface area (Å²) >= 11 is 0. The molecule has 70 valence electrons. The van der Waals surface area contributed by atoms with Crippen LogP contribution < -0.4 is 11.1 Å².